The lowest BCUT2D eigenvalue weighted by atomic mass is 10.2. The number of halogens is 1. The molecule has 1 aliphatic heterocycles. The summed E-state index contributed by atoms with van der Waals surface area (Å²) in [6.07, 6.45) is 1.65. The maximum Gasteiger partial charge on any atom is 0.266 e. The van der Waals surface area contributed by atoms with E-state index >= 15 is 0 Å². The van der Waals surface area contributed by atoms with Gasteiger partial charge in [0.15, 0.2) is 0 Å². The van der Waals surface area contributed by atoms with Crippen molar-refractivity contribution in [2.75, 3.05) is 7.11 Å². The summed E-state index contributed by atoms with van der Waals surface area (Å²) in [5.41, 5.74) is 1.38. The van der Waals surface area contributed by atoms with Crippen molar-refractivity contribution in [2.24, 2.45) is 5.14 Å². The van der Waals surface area contributed by atoms with Crippen LogP contribution in [0.3, 0.4) is 0 Å². The van der Waals surface area contributed by atoms with Gasteiger partial charge < -0.3 is 4.74 Å². The molecule has 0 unspecified atom stereocenters. The zero-order valence-electron chi connectivity index (χ0n) is 14.6. The Labute approximate surface area is 177 Å². The van der Waals surface area contributed by atoms with E-state index in [0.29, 0.717) is 25.6 Å². The topological polar surface area (TPSA) is 89.7 Å². The normalized spacial score (nSPS) is 16.1. The zero-order chi connectivity index (χ0) is 20.5. The highest BCUT2D eigenvalue weighted by Crippen LogP contribution is 2.35. The van der Waals surface area contributed by atoms with Gasteiger partial charge in [0.05, 0.1) is 23.5 Å². The van der Waals surface area contributed by atoms with Gasteiger partial charge in [-0.15, -0.1) is 0 Å². The van der Waals surface area contributed by atoms with Gasteiger partial charge in [-0.2, -0.15) is 0 Å². The molecule has 10 heteroatoms. The van der Waals surface area contributed by atoms with Crippen LogP contribution in [0.25, 0.3) is 6.08 Å². The van der Waals surface area contributed by atoms with E-state index in [1.807, 2.05) is 0 Å². The first-order chi connectivity index (χ1) is 13.2. The van der Waals surface area contributed by atoms with E-state index in [1.54, 1.807) is 43.5 Å². The van der Waals surface area contributed by atoms with Gasteiger partial charge in [0.2, 0.25) is 10.0 Å². The monoisotopic (exact) mass is 454 g/mol. The van der Waals surface area contributed by atoms with Crippen LogP contribution in [0, 0.1) is 0 Å². The number of primary sulfonamides is 1. The molecule has 2 N–H and O–H groups in total. The summed E-state index contributed by atoms with van der Waals surface area (Å²) in [7, 11) is -2.21. The number of thioether (sulfide) groups is 1. The zero-order valence-corrected chi connectivity index (χ0v) is 17.8. The van der Waals surface area contributed by atoms with Gasteiger partial charge >= 0.3 is 0 Å². The highest BCUT2D eigenvalue weighted by Gasteiger charge is 2.32. The van der Waals surface area contributed by atoms with Crippen molar-refractivity contribution in [2.45, 2.75) is 11.4 Å². The van der Waals surface area contributed by atoms with Gasteiger partial charge in [-0.3, -0.25) is 9.69 Å². The molecule has 146 valence electrons. The van der Waals surface area contributed by atoms with Crippen molar-refractivity contribution in [1.82, 2.24) is 4.90 Å². The minimum Gasteiger partial charge on any atom is -0.497 e. The van der Waals surface area contributed by atoms with Gasteiger partial charge in [0.1, 0.15) is 10.1 Å². The molecule has 0 aliphatic carbocycles. The van der Waals surface area contributed by atoms with E-state index in [4.69, 9.17) is 33.7 Å². The maximum atomic E-state index is 12.8. The minimum atomic E-state index is -3.76. The van der Waals surface area contributed by atoms with Crippen molar-refractivity contribution in [3.8, 4) is 5.75 Å². The van der Waals surface area contributed by atoms with Crippen LogP contribution in [0.5, 0.6) is 5.75 Å². The highest BCUT2D eigenvalue weighted by molar-refractivity contribution is 8.26. The molecule has 6 nitrogen and oxygen atoms in total. The van der Waals surface area contributed by atoms with Crippen molar-refractivity contribution >= 4 is 61.9 Å². The first-order valence-electron chi connectivity index (χ1n) is 7.89. The van der Waals surface area contributed by atoms with Crippen LogP contribution >= 0.6 is 35.6 Å². The number of benzene rings is 2. The number of nitrogens with two attached hydrogens (primary N) is 1. The first kappa shape index (κ1) is 20.8. The Kier molecular flexibility index (Phi) is 6.11. The van der Waals surface area contributed by atoms with Crippen LogP contribution in [-0.2, 0) is 21.4 Å². The molecule has 0 radical (unpaired) electrons. The number of rotatable bonds is 5. The van der Waals surface area contributed by atoms with E-state index < -0.39 is 10.0 Å². The Balaban J connectivity index is 1.83. The highest BCUT2D eigenvalue weighted by atomic mass is 35.5. The molecular weight excluding hydrogens is 440 g/mol. The standard InChI is InChI=1S/C18H15ClN2O4S3/c1-25-13-4-7-15(19)12(9-13)10-21-17(22)16(27-18(21)26)8-11-2-5-14(6-3-11)28(20,23)24/h2-9H,10H2,1H3,(H2,20,23,24)/b16-8-. The Morgan fingerprint density at radius 3 is 2.54 bits per heavy atom. The summed E-state index contributed by atoms with van der Waals surface area (Å²) >= 11 is 12.7. The fourth-order valence-electron chi connectivity index (χ4n) is 2.51. The summed E-state index contributed by atoms with van der Waals surface area (Å²) in [5, 5.41) is 5.60. The second kappa shape index (κ2) is 8.22. The minimum absolute atomic E-state index is 0.00451. The van der Waals surface area contributed by atoms with Crippen LogP contribution in [-0.4, -0.2) is 30.7 Å². The fraction of sp³-hybridized carbons (Fsp3) is 0.111. The lowest BCUT2D eigenvalue weighted by molar-refractivity contribution is -0.122. The average molecular weight is 455 g/mol. The van der Waals surface area contributed by atoms with E-state index in [9.17, 15) is 13.2 Å². The van der Waals surface area contributed by atoms with Crippen LogP contribution in [0.2, 0.25) is 5.02 Å². The van der Waals surface area contributed by atoms with E-state index in [2.05, 4.69) is 0 Å². The van der Waals surface area contributed by atoms with Crippen LogP contribution < -0.4 is 9.88 Å². The Morgan fingerprint density at radius 2 is 1.93 bits per heavy atom. The van der Waals surface area contributed by atoms with Crippen LogP contribution in [0.4, 0.5) is 0 Å². The van der Waals surface area contributed by atoms with Crippen LogP contribution in [0.15, 0.2) is 52.3 Å². The van der Waals surface area contributed by atoms with E-state index in [1.165, 1.54) is 28.8 Å². The van der Waals surface area contributed by atoms with Gasteiger partial charge in [0.25, 0.3) is 5.91 Å². The number of thiocarbonyl (C=S) groups is 1. The smallest absolute Gasteiger partial charge is 0.266 e. The molecule has 2 aromatic rings. The summed E-state index contributed by atoms with van der Waals surface area (Å²) in [6.45, 7) is 0.225. The molecule has 1 fully saturated rings. The molecule has 0 aromatic heterocycles. The molecule has 0 saturated carbocycles. The number of carbonyl (C=O) groups is 1. The number of methoxy groups -OCH3 is 1. The molecule has 3 rings (SSSR count). The summed E-state index contributed by atoms with van der Waals surface area (Å²) < 4.78 is 28.3. The molecule has 1 saturated heterocycles. The average Bonchev–Trinajstić information content (AvgIpc) is 2.90. The fourth-order valence-corrected chi connectivity index (χ4v) is 4.46. The van der Waals surface area contributed by atoms with Gasteiger partial charge in [-0.1, -0.05) is 47.7 Å². The summed E-state index contributed by atoms with van der Waals surface area (Å²) in [5.74, 6) is 0.389. The number of carbonyl (C=O) groups excluding carboxylic acids is 1. The Hall–Kier alpha value is -1.91. The second-order valence-electron chi connectivity index (χ2n) is 5.84. The third kappa shape index (κ3) is 4.56. The predicted octanol–water partition coefficient (Wildman–Crippen LogP) is 3.40. The lowest BCUT2D eigenvalue weighted by Crippen LogP contribution is -2.27. The van der Waals surface area contributed by atoms with Gasteiger partial charge in [-0.25, -0.2) is 13.6 Å². The second-order valence-corrected chi connectivity index (χ2v) is 9.48. The number of hydrogen-bond acceptors (Lipinski definition) is 6. The largest absolute Gasteiger partial charge is 0.497 e. The van der Waals surface area contributed by atoms with Gasteiger partial charge in [0, 0.05) is 5.02 Å². The van der Waals surface area contributed by atoms with Crippen molar-refractivity contribution in [3.63, 3.8) is 0 Å². The predicted molar refractivity (Wildman–Crippen MR) is 115 cm³/mol. The molecule has 0 bridgehead atoms. The lowest BCUT2D eigenvalue weighted by Gasteiger charge is -2.16. The SMILES string of the molecule is COc1ccc(Cl)c(CN2C(=O)/C(=C/c3ccc(S(N)(=O)=O)cc3)SC2=S)c1. The molecule has 28 heavy (non-hydrogen) atoms. The summed E-state index contributed by atoms with van der Waals surface area (Å²) in [6, 6.07) is 11.1. The van der Waals surface area contributed by atoms with Gasteiger partial charge in [-0.05, 0) is 47.5 Å². The first-order valence-corrected chi connectivity index (χ1v) is 11.0. The number of nitrogens with zero attached hydrogens (tertiary/aromatic N) is 1. The number of hydrogen-bond donors (Lipinski definition) is 1. The Morgan fingerprint density at radius 1 is 1.25 bits per heavy atom. The molecule has 2 aromatic carbocycles. The summed E-state index contributed by atoms with van der Waals surface area (Å²) in [4.78, 5) is 14.7. The van der Waals surface area contributed by atoms with Crippen molar-refractivity contribution in [1.29, 1.82) is 0 Å². The van der Waals surface area contributed by atoms with Crippen LogP contribution in [0.1, 0.15) is 11.1 Å². The molecule has 0 atom stereocenters. The molecular formula is C18H15ClN2O4S3. The van der Waals surface area contributed by atoms with E-state index in [-0.39, 0.29) is 17.3 Å². The molecule has 1 aliphatic rings. The third-order valence-corrected chi connectivity index (χ3v) is 6.64. The molecule has 1 amide bonds. The Bertz CT molecular complexity index is 1080. The molecule has 0 spiro atoms. The van der Waals surface area contributed by atoms with E-state index in [0.717, 1.165) is 5.56 Å². The quantitative estimate of drug-likeness (QED) is 0.550. The third-order valence-electron chi connectivity index (χ3n) is 3.96. The van der Waals surface area contributed by atoms with Crippen molar-refractivity contribution in [3.05, 3.63) is 63.5 Å². The molecule has 1 heterocycles. The number of sulfonamides is 1. The number of ether oxygens (including phenoxy) is 1. The number of amides is 1. The maximum absolute atomic E-state index is 12.8. The van der Waals surface area contributed by atoms with Crippen molar-refractivity contribution < 1.29 is 17.9 Å².